The summed E-state index contributed by atoms with van der Waals surface area (Å²) < 4.78 is 36.0. The van der Waals surface area contributed by atoms with Crippen LogP contribution in [0, 0.1) is 11.8 Å². The summed E-state index contributed by atoms with van der Waals surface area (Å²) in [5.41, 5.74) is 5.06. The van der Waals surface area contributed by atoms with Gasteiger partial charge in [-0.3, -0.25) is 0 Å². The fourth-order valence-corrected chi connectivity index (χ4v) is 1.26. The Kier molecular flexibility index (Phi) is 2.90. The highest BCUT2D eigenvalue weighted by atomic mass is 32.1. The number of rotatable bonds is 0. The Bertz CT molecular complexity index is 345. The van der Waals surface area contributed by atoms with Crippen LogP contribution in [0.5, 0.6) is 0 Å². The van der Waals surface area contributed by atoms with Crippen LogP contribution in [-0.4, -0.2) is 11.5 Å². The molecular weight excluding hydrogens is 201 g/mol. The van der Waals surface area contributed by atoms with E-state index in [1.807, 2.05) is 0 Å². The molecule has 70 valence electrons. The Hall–Kier alpha value is -1.06. The zero-order valence-corrected chi connectivity index (χ0v) is 7.17. The average Bonchev–Trinajstić information content (AvgIpc) is 2.47. The molecule has 0 aliphatic carbocycles. The minimum atomic E-state index is -4.38. The second-order valence-electron chi connectivity index (χ2n) is 2.03. The Morgan fingerprint density at radius 1 is 1.54 bits per heavy atom. The van der Waals surface area contributed by atoms with Crippen molar-refractivity contribution in [3.8, 4) is 11.8 Å². The number of nitrogens with two attached hydrogens (primary N) is 1. The van der Waals surface area contributed by atoms with Gasteiger partial charge in [0.1, 0.15) is 0 Å². The number of alkyl halides is 3. The summed E-state index contributed by atoms with van der Waals surface area (Å²) in [6.45, 7) is 0.124. The van der Waals surface area contributed by atoms with Crippen molar-refractivity contribution in [2.45, 2.75) is 6.18 Å². The largest absolute Gasteiger partial charge is 0.443 e. The minimum Gasteiger partial charge on any atom is -0.320 e. The molecule has 0 atom stereocenters. The van der Waals surface area contributed by atoms with Gasteiger partial charge in [0.25, 0.3) is 0 Å². The average molecular weight is 206 g/mol. The van der Waals surface area contributed by atoms with E-state index in [1.165, 1.54) is 0 Å². The van der Waals surface area contributed by atoms with Crippen LogP contribution < -0.4 is 5.73 Å². The fourth-order valence-electron chi connectivity index (χ4n) is 0.601. The summed E-state index contributed by atoms with van der Waals surface area (Å²) in [6.07, 6.45) is -3.29. The summed E-state index contributed by atoms with van der Waals surface area (Å²) in [6, 6.07) is 0. The van der Waals surface area contributed by atoms with Gasteiger partial charge in [-0.1, -0.05) is 11.8 Å². The summed E-state index contributed by atoms with van der Waals surface area (Å²) in [5.74, 6) is 4.93. The molecule has 0 saturated heterocycles. The standard InChI is InChI=1S/C7H5F3N2S/c8-7(9,10)6-12-4-5(13-6)2-1-3-11/h4H,3,11H2. The molecule has 6 heteroatoms. The molecule has 0 saturated carbocycles. The van der Waals surface area contributed by atoms with Crippen LogP contribution in [0.25, 0.3) is 0 Å². The van der Waals surface area contributed by atoms with Gasteiger partial charge in [-0.15, -0.1) is 11.3 Å². The van der Waals surface area contributed by atoms with Crippen molar-refractivity contribution in [3.63, 3.8) is 0 Å². The van der Waals surface area contributed by atoms with Crippen LogP contribution in [0.4, 0.5) is 13.2 Å². The first-order valence-electron chi connectivity index (χ1n) is 3.26. The number of hydrogen-bond acceptors (Lipinski definition) is 3. The predicted octanol–water partition coefficient (Wildman–Crippen LogP) is 1.47. The molecule has 1 aromatic rings. The van der Waals surface area contributed by atoms with Crippen molar-refractivity contribution in [1.29, 1.82) is 0 Å². The molecule has 0 unspecified atom stereocenters. The SMILES string of the molecule is NCC#Cc1cnc(C(F)(F)F)s1. The molecule has 2 nitrogen and oxygen atoms in total. The van der Waals surface area contributed by atoms with Crippen molar-refractivity contribution in [3.05, 3.63) is 16.1 Å². The van der Waals surface area contributed by atoms with Crippen LogP contribution in [-0.2, 0) is 6.18 Å². The van der Waals surface area contributed by atoms with Crippen molar-refractivity contribution in [2.75, 3.05) is 6.54 Å². The number of halogens is 3. The van der Waals surface area contributed by atoms with E-state index in [2.05, 4.69) is 16.8 Å². The van der Waals surface area contributed by atoms with Gasteiger partial charge in [0.2, 0.25) is 0 Å². The van der Waals surface area contributed by atoms with Crippen LogP contribution in [0.2, 0.25) is 0 Å². The number of aromatic nitrogens is 1. The highest BCUT2D eigenvalue weighted by Crippen LogP contribution is 2.31. The van der Waals surface area contributed by atoms with Crippen LogP contribution in [0.3, 0.4) is 0 Å². The van der Waals surface area contributed by atoms with E-state index in [0.717, 1.165) is 6.20 Å². The van der Waals surface area contributed by atoms with E-state index in [1.54, 1.807) is 0 Å². The maximum Gasteiger partial charge on any atom is 0.443 e. The molecule has 0 radical (unpaired) electrons. The van der Waals surface area contributed by atoms with Gasteiger partial charge in [0, 0.05) is 0 Å². The second kappa shape index (κ2) is 3.77. The lowest BCUT2D eigenvalue weighted by Gasteiger charge is -1.98. The zero-order valence-electron chi connectivity index (χ0n) is 6.35. The highest BCUT2D eigenvalue weighted by Gasteiger charge is 2.34. The molecule has 0 amide bonds. The smallest absolute Gasteiger partial charge is 0.320 e. The van der Waals surface area contributed by atoms with E-state index in [0.29, 0.717) is 11.3 Å². The van der Waals surface area contributed by atoms with Crippen molar-refractivity contribution in [1.82, 2.24) is 4.98 Å². The Morgan fingerprint density at radius 2 is 2.23 bits per heavy atom. The van der Waals surface area contributed by atoms with Gasteiger partial charge in [-0.2, -0.15) is 13.2 Å². The van der Waals surface area contributed by atoms with Gasteiger partial charge in [-0.05, 0) is 0 Å². The van der Waals surface area contributed by atoms with E-state index in [9.17, 15) is 13.2 Å². The molecule has 1 rings (SSSR count). The summed E-state index contributed by atoms with van der Waals surface area (Å²) in [7, 11) is 0. The second-order valence-corrected chi connectivity index (χ2v) is 3.06. The van der Waals surface area contributed by atoms with Crippen LogP contribution in [0.15, 0.2) is 6.20 Å². The predicted molar refractivity (Wildman–Crippen MR) is 43.0 cm³/mol. The van der Waals surface area contributed by atoms with Gasteiger partial charge < -0.3 is 5.73 Å². The topological polar surface area (TPSA) is 38.9 Å². The number of nitrogens with zero attached hydrogens (tertiary/aromatic N) is 1. The zero-order chi connectivity index (χ0) is 9.90. The van der Waals surface area contributed by atoms with Crippen molar-refractivity contribution >= 4 is 11.3 Å². The molecular formula is C7H5F3N2S. The van der Waals surface area contributed by atoms with E-state index < -0.39 is 11.2 Å². The molecule has 0 fully saturated rings. The maximum absolute atomic E-state index is 12.0. The summed E-state index contributed by atoms with van der Waals surface area (Å²) >= 11 is 0.514. The molecule has 0 bridgehead atoms. The molecule has 0 aromatic carbocycles. The first-order chi connectivity index (χ1) is 6.04. The lowest BCUT2D eigenvalue weighted by Crippen LogP contribution is -2.02. The number of hydrogen-bond donors (Lipinski definition) is 1. The highest BCUT2D eigenvalue weighted by molar-refractivity contribution is 7.12. The quantitative estimate of drug-likeness (QED) is 0.653. The van der Waals surface area contributed by atoms with E-state index in [4.69, 9.17) is 5.73 Å². The molecule has 0 aliphatic rings. The van der Waals surface area contributed by atoms with Gasteiger partial charge in [-0.25, -0.2) is 4.98 Å². The Balaban J connectivity index is 2.87. The van der Waals surface area contributed by atoms with E-state index >= 15 is 0 Å². The fraction of sp³-hybridized carbons (Fsp3) is 0.286. The molecule has 2 N–H and O–H groups in total. The molecule has 13 heavy (non-hydrogen) atoms. The molecule has 1 heterocycles. The monoisotopic (exact) mass is 206 g/mol. The third-order valence-corrected chi connectivity index (χ3v) is 2.02. The normalized spacial score (nSPS) is 10.8. The first kappa shape index (κ1) is 10.0. The van der Waals surface area contributed by atoms with Gasteiger partial charge >= 0.3 is 6.18 Å². The molecule has 0 spiro atoms. The molecule has 0 aliphatic heterocycles. The maximum atomic E-state index is 12.0. The number of thiazole rings is 1. The van der Waals surface area contributed by atoms with Crippen molar-refractivity contribution in [2.24, 2.45) is 5.73 Å². The van der Waals surface area contributed by atoms with Crippen LogP contribution in [0.1, 0.15) is 9.88 Å². The Labute approximate surface area is 76.6 Å². The third-order valence-electron chi connectivity index (χ3n) is 1.06. The first-order valence-corrected chi connectivity index (χ1v) is 4.07. The summed E-state index contributed by atoms with van der Waals surface area (Å²) in [4.78, 5) is 3.47. The van der Waals surface area contributed by atoms with Crippen molar-refractivity contribution < 1.29 is 13.2 Å². The minimum absolute atomic E-state index is 0.124. The van der Waals surface area contributed by atoms with Gasteiger partial charge in [0.15, 0.2) is 5.01 Å². The van der Waals surface area contributed by atoms with Crippen LogP contribution >= 0.6 is 11.3 Å². The lowest BCUT2D eigenvalue weighted by molar-refractivity contribution is -0.137. The Morgan fingerprint density at radius 3 is 2.69 bits per heavy atom. The summed E-state index contributed by atoms with van der Waals surface area (Å²) in [5, 5.41) is -0.881. The van der Waals surface area contributed by atoms with E-state index in [-0.39, 0.29) is 11.4 Å². The lowest BCUT2D eigenvalue weighted by atomic mass is 10.5. The third kappa shape index (κ3) is 2.72. The van der Waals surface area contributed by atoms with Gasteiger partial charge in [0.05, 0.1) is 17.6 Å². The molecule has 1 aromatic heterocycles.